The first-order valence-corrected chi connectivity index (χ1v) is 16.6. The summed E-state index contributed by atoms with van der Waals surface area (Å²) < 4.78 is 0. The zero-order chi connectivity index (χ0) is 25.9. The number of fused-ring (bicyclic) bond motifs is 2. The fraction of sp³-hybridized carbons (Fsp3) is 0.222. The van der Waals surface area contributed by atoms with Crippen LogP contribution < -0.4 is 0 Å². The van der Waals surface area contributed by atoms with Crippen LogP contribution >= 0.6 is 0 Å². The molecule has 0 nitrogen and oxygen atoms in total. The summed E-state index contributed by atoms with van der Waals surface area (Å²) >= 11 is 0. The number of hydrogen-bond acceptors (Lipinski definition) is 0. The number of allylic oxidation sites excluding steroid dienone is 8. The van der Waals surface area contributed by atoms with Crippen LogP contribution in [0.25, 0.3) is 32.7 Å². The Labute approximate surface area is 222 Å². The van der Waals surface area contributed by atoms with Gasteiger partial charge in [0.2, 0.25) is 0 Å². The molecule has 0 radical (unpaired) electrons. The van der Waals surface area contributed by atoms with Crippen molar-refractivity contribution in [3.05, 3.63) is 130 Å². The van der Waals surface area contributed by atoms with Crippen molar-refractivity contribution in [2.24, 2.45) is 11.8 Å². The van der Waals surface area contributed by atoms with Gasteiger partial charge in [-0.2, -0.15) is 0 Å². The van der Waals surface area contributed by atoms with Crippen molar-refractivity contribution in [1.29, 1.82) is 0 Å². The average Bonchev–Trinajstić information content (AvgIpc) is 3.37. The molecule has 0 saturated heterocycles. The van der Waals surface area contributed by atoms with Crippen LogP contribution in [0.2, 0.25) is 13.1 Å². The Kier molecular flexibility index (Phi) is 5.73. The van der Waals surface area contributed by atoms with Crippen LogP contribution in [0.5, 0.6) is 0 Å². The van der Waals surface area contributed by atoms with Gasteiger partial charge < -0.3 is 0 Å². The van der Waals surface area contributed by atoms with E-state index in [9.17, 15) is 0 Å². The van der Waals surface area contributed by atoms with Crippen LogP contribution in [0.15, 0.2) is 119 Å². The quantitative estimate of drug-likeness (QED) is 0.247. The van der Waals surface area contributed by atoms with Crippen LogP contribution in [0.1, 0.15) is 38.8 Å². The van der Waals surface area contributed by atoms with Crippen LogP contribution in [0, 0.1) is 11.8 Å². The van der Waals surface area contributed by atoms with E-state index in [1.807, 2.05) is 0 Å². The number of hydrogen-bond donors (Lipinski definition) is 0. The van der Waals surface area contributed by atoms with Gasteiger partial charge in [0.1, 0.15) is 8.07 Å². The topological polar surface area (TPSA) is 0 Å². The SMILES string of the molecule is CC1=C([Si](C)(C)C2=C(C)C(c3cccc4ccccc34)=CC2C)C(C)C=C1c1cccc2ccccc12. The fourth-order valence-electron chi connectivity index (χ4n) is 7.61. The lowest BCUT2D eigenvalue weighted by Crippen LogP contribution is -2.37. The van der Waals surface area contributed by atoms with Gasteiger partial charge in [0.25, 0.3) is 0 Å². The summed E-state index contributed by atoms with van der Waals surface area (Å²) in [7, 11) is -1.92. The molecule has 0 saturated carbocycles. The standard InChI is InChI=1S/C36H36Si/c1-23-21-33(31-19-11-15-27-13-7-9-17-29(27)31)25(3)35(23)37(5,6)36-24(2)22-34(26(36)4)32-20-12-16-28-14-8-10-18-30(28)32/h7-24H,1-6H3. The molecule has 6 rings (SSSR count). The summed E-state index contributed by atoms with van der Waals surface area (Å²) in [6.07, 6.45) is 5.07. The zero-order valence-electron chi connectivity index (χ0n) is 22.9. The van der Waals surface area contributed by atoms with Crippen LogP contribution in [-0.4, -0.2) is 8.07 Å². The molecular weight excluding hydrogens is 460 g/mol. The number of benzene rings is 4. The maximum atomic E-state index is 2.59. The minimum atomic E-state index is -1.92. The molecular formula is C36H36Si. The molecule has 37 heavy (non-hydrogen) atoms. The van der Waals surface area contributed by atoms with Gasteiger partial charge in [-0.25, -0.2) is 0 Å². The average molecular weight is 497 g/mol. The Morgan fingerprint density at radius 2 is 0.892 bits per heavy atom. The van der Waals surface area contributed by atoms with Crippen LogP contribution in [-0.2, 0) is 0 Å². The molecule has 2 atom stereocenters. The summed E-state index contributed by atoms with van der Waals surface area (Å²) in [5.74, 6) is 0.925. The normalized spacial score (nSPS) is 20.3. The first kappa shape index (κ1) is 23.9. The van der Waals surface area contributed by atoms with Gasteiger partial charge in [0.05, 0.1) is 0 Å². The third-order valence-electron chi connectivity index (χ3n) is 8.87. The highest BCUT2D eigenvalue weighted by atomic mass is 28.3. The third kappa shape index (κ3) is 3.71. The van der Waals surface area contributed by atoms with E-state index in [1.54, 1.807) is 10.4 Å². The molecule has 4 aromatic rings. The zero-order valence-corrected chi connectivity index (χ0v) is 23.9. The molecule has 2 aliphatic rings. The van der Waals surface area contributed by atoms with Crippen LogP contribution in [0.4, 0.5) is 0 Å². The lowest BCUT2D eigenvalue weighted by Gasteiger charge is -2.34. The summed E-state index contributed by atoms with van der Waals surface area (Å²) in [5.41, 5.74) is 8.64. The Bertz CT molecular complexity index is 1550. The van der Waals surface area contributed by atoms with E-state index in [1.165, 1.54) is 55.0 Å². The summed E-state index contributed by atoms with van der Waals surface area (Å²) in [6, 6.07) is 31.1. The van der Waals surface area contributed by atoms with E-state index in [0.29, 0.717) is 11.8 Å². The minimum Gasteiger partial charge on any atom is -0.0698 e. The molecule has 2 aliphatic carbocycles. The van der Waals surface area contributed by atoms with Crippen LogP contribution in [0.3, 0.4) is 0 Å². The van der Waals surface area contributed by atoms with Crippen molar-refractivity contribution in [3.8, 4) is 0 Å². The molecule has 0 fully saturated rings. The summed E-state index contributed by atoms with van der Waals surface area (Å²) in [4.78, 5) is 0. The highest BCUT2D eigenvalue weighted by molar-refractivity contribution is 6.91. The molecule has 1 heteroatoms. The molecule has 0 aliphatic heterocycles. The molecule has 0 amide bonds. The van der Waals surface area contributed by atoms with Crippen molar-refractivity contribution in [2.45, 2.75) is 40.8 Å². The largest absolute Gasteiger partial charge is 0.105 e. The van der Waals surface area contributed by atoms with E-state index < -0.39 is 8.07 Å². The van der Waals surface area contributed by atoms with Gasteiger partial charge in [-0.3, -0.25) is 0 Å². The van der Waals surface area contributed by atoms with E-state index in [4.69, 9.17) is 0 Å². The third-order valence-corrected chi connectivity index (χ3v) is 13.2. The lowest BCUT2D eigenvalue weighted by molar-refractivity contribution is 0.889. The number of rotatable bonds is 4. The molecule has 4 aromatic carbocycles. The molecule has 0 aromatic heterocycles. The maximum Gasteiger partial charge on any atom is 0.105 e. The highest BCUT2D eigenvalue weighted by Crippen LogP contribution is 2.50. The van der Waals surface area contributed by atoms with Gasteiger partial charge in [-0.15, -0.1) is 0 Å². The van der Waals surface area contributed by atoms with E-state index in [0.717, 1.165) is 0 Å². The van der Waals surface area contributed by atoms with Gasteiger partial charge in [0.15, 0.2) is 0 Å². The van der Waals surface area contributed by atoms with E-state index in [-0.39, 0.29) is 0 Å². The molecule has 184 valence electrons. The first-order chi connectivity index (χ1) is 17.8. The Morgan fingerprint density at radius 1 is 0.514 bits per heavy atom. The summed E-state index contributed by atoms with van der Waals surface area (Å²) in [5, 5.41) is 8.74. The van der Waals surface area contributed by atoms with Crippen molar-refractivity contribution in [3.63, 3.8) is 0 Å². The second kappa shape index (κ2) is 8.85. The van der Waals surface area contributed by atoms with Crippen molar-refractivity contribution in [1.82, 2.24) is 0 Å². The van der Waals surface area contributed by atoms with Crippen molar-refractivity contribution < 1.29 is 0 Å². The highest BCUT2D eigenvalue weighted by Gasteiger charge is 2.42. The predicted molar refractivity (Wildman–Crippen MR) is 165 cm³/mol. The predicted octanol–water partition coefficient (Wildman–Crippen LogP) is 10.2. The van der Waals surface area contributed by atoms with Gasteiger partial charge >= 0.3 is 0 Å². The van der Waals surface area contributed by atoms with E-state index in [2.05, 4.69) is 138 Å². The van der Waals surface area contributed by atoms with Crippen molar-refractivity contribution >= 4 is 40.8 Å². The first-order valence-electron chi connectivity index (χ1n) is 13.6. The molecule has 0 spiro atoms. The molecule has 0 heterocycles. The maximum absolute atomic E-state index is 2.59. The van der Waals surface area contributed by atoms with E-state index >= 15 is 0 Å². The molecule has 0 bridgehead atoms. The lowest BCUT2D eigenvalue weighted by atomic mass is 9.95. The van der Waals surface area contributed by atoms with Crippen molar-refractivity contribution in [2.75, 3.05) is 0 Å². The Balaban J connectivity index is 1.46. The second-order valence-corrected chi connectivity index (χ2v) is 15.8. The molecule has 2 unspecified atom stereocenters. The summed E-state index contributed by atoms with van der Waals surface area (Å²) in [6.45, 7) is 14.8. The second-order valence-electron chi connectivity index (χ2n) is 11.5. The Morgan fingerprint density at radius 3 is 1.32 bits per heavy atom. The fourth-order valence-corrected chi connectivity index (χ4v) is 12.5. The van der Waals surface area contributed by atoms with Gasteiger partial charge in [-0.05, 0) is 80.6 Å². The molecule has 0 N–H and O–H groups in total. The Hall–Kier alpha value is -3.42. The monoisotopic (exact) mass is 496 g/mol. The van der Waals surface area contributed by atoms with Gasteiger partial charge in [-0.1, -0.05) is 134 Å². The van der Waals surface area contributed by atoms with Gasteiger partial charge in [0, 0.05) is 0 Å². The minimum absolute atomic E-state index is 0.463. The smallest absolute Gasteiger partial charge is 0.0698 e.